The number of hydrogen-bond acceptors (Lipinski definition) is 0. The van der Waals surface area contributed by atoms with Gasteiger partial charge in [0.15, 0.2) is 0 Å². The second-order valence-corrected chi connectivity index (χ2v) is 6.14. The van der Waals surface area contributed by atoms with Gasteiger partial charge >= 0.3 is 110 Å². The molecule has 0 radical (unpaired) electrons. The Morgan fingerprint density at radius 2 is 1.06 bits per heavy atom. The number of hydrogen-bond donors (Lipinski definition) is 0. The van der Waals surface area contributed by atoms with Crippen LogP contribution in [0.2, 0.25) is 0 Å². The molecule has 6 heteroatoms. The number of rotatable bonds is 2. The van der Waals surface area contributed by atoms with Gasteiger partial charge in [0, 0.05) is 0 Å². The first-order chi connectivity index (χ1) is 8.52. The molecule has 0 nitrogen and oxygen atoms in total. The minimum absolute atomic E-state index is 0.569. The van der Waals surface area contributed by atoms with Crippen molar-refractivity contribution in [1.29, 1.82) is 0 Å². The predicted octanol–water partition coefficient (Wildman–Crippen LogP) is 0.510. The van der Waals surface area contributed by atoms with E-state index in [2.05, 4.69) is 0 Å². The van der Waals surface area contributed by atoms with Gasteiger partial charge in [-0.25, -0.2) is 0 Å². The molecule has 18 heavy (non-hydrogen) atoms. The fraction of sp³-hybridized carbons (Fsp3) is 0. The average Bonchev–Trinajstić information content (AvgIpc) is 2.40. The first-order valence-electron chi connectivity index (χ1n) is 4.73. The summed E-state index contributed by atoms with van der Waals surface area (Å²) in [6.07, 6.45) is 0. The Hall–Kier alpha value is -1.18. The van der Waals surface area contributed by atoms with Crippen molar-refractivity contribution in [3.8, 4) is 0 Å². The molecule has 0 bridgehead atoms. The molecule has 0 aromatic heterocycles. The monoisotopic (exact) mass is 371 g/mol. The minimum atomic E-state index is -2.12. The van der Waals surface area contributed by atoms with Crippen LogP contribution in [0, 0.1) is 36.2 Å². The third-order valence-corrected chi connectivity index (χ3v) is 4.92. The summed E-state index contributed by atoms with van der Waals surface area (Å²) in [5, 5.41) is 0. The quantitative estimate of drug-likeness (QED) is 0.313. The van der Waals surface area contributed by atoms with E-state index < -0.39 is 53.9 Å². The van der Waals surface area contributed by atoms with Crippen LogP contribution in [0.15, 0.2) is 30.3 Å². The van der Waals surface area contributed by atoms with Gasteiger partial charge in [-0.15, -0.1) is 0 Å². The zero-order valence-corrected chi connectivity index (χ0v) is 10.8. The van der Waals surface area contributed by atoms with Gasteiger partial charge in [-0.2, -0.15) is 0 Å². The normalized spacial score (nSPS) is 10.9. The summed E-state index contributed by atoms with van der Waals surface area (Å²) in [4.78, 5) is 0. The van der Waals surface area contributed by atoms with Gasteiger partial charge in [0.25, 0.3) is 0 Å². The standard InChI is InChI=1S/C12H5F5I/c13-7-8(14)10(16)12(11(17)9(7)15)18-6-4-2-1-3-5-6/h1-5H/q-1. The number of halogens is 6. The van der Waals surface area contributed by atoms with Gasteiger partial charge in [-0.3, -0.25) is 0 Å². The molecule has 0 saturated carbocycles. The maximum atomic E-state index is 13.4. The van der Waals surface area contributed by atoms with E-state index in [-0.39, 0.29) is 0 Å². The Kier molecular flexibility index (Phi) is 3.84. The molecule has 0 aliphatic heterocycles. The second-order valence-electron chi connectivity index (χ2n) is 3.27. The molecular formula is C12H5F5I-. The molecule has 2 rings (SSSR count). The van der Waals surface area contributed by atoms with E-state index in [9.17, 15) is 22.0 Å². The van der Waals surface area contributed by atoms with Crippen LogP contribution < -0.4 is 21.2 Å². The Balaban J connectivity index is 2.52. The molecule has 2 aromatic rings. The van der Waals surface area contributed by atoms with E-state index in [4.69, 9.17) is 0 Å². The van der Waals surface area contributed by atoms with Crippen molar-refractivity contribution < 1.29 is 43.2 Å². The third-order valence-electron chi connectivity index (χ3n) is 2.09. The molecule has 0 heterocycles. The van der Waals surface area contributed by atoms with E-state index in [1.807, 2.05) is 0 Å². The molecule has 0 N–H and O–H groups in total. The van der Waals surface area contributed by atoms with Crippen molar-refractivity contribution in [2.24, 2.45) is 0 Å². The summed E-state index contributed by atoms with van der Waals surface area (Å²) in [7, 11) is 0. The molecule has 0 spiro atoms. The SMILES string of the molecule is Fc1c(F)c(F)c([I-]c2ccccc2)c(F)c1F. The van der Waals surface area contributed by atoms with Crippen molar-refractivity contribution in [2.75, 3.05) is 0 Å². The summed E-state index contributed by atoms with van der Waals surface area (Å²) < 4.78 is 65.4. The van der Waals surface area contributed by atoms with E-state index in [1.54, 1.807) is 30.3 Å². The van der Waals surface area contributed by atoms with Gasteiger partial charge in [0.2, 0.25) is 0 Å². The fourth-order valence-corrected chi connectivity index (χ4v) is 3.59. The Morgan fingerprint density at radius 3 is 1.56 bits per heavy atom. The predicted molar refractivity (Wildman–Crippen MR) is 50.1 cm³/mol. The topological polar surface area (TPSA) is 0 Å². The second kappa shape index (κ2) is 5.21. The molecule has 2 aromatic carbocycles. The Morgan fingerprint density at radius 1 is 0.611 bits per heavy atom. The van der Waals surface area contributed by atoms with Crippen LogP contribution in [-0.4, -0.2) is 0 Å². The van der Waals surface area contributed by atoms with E-state index in [0.29, 0.717) is 3.57 Å². The van der Waals surface area contributed by atoms with Crippen LogP contribution in [0.3, 0.4) is 0 Å². The van der Waals surface area contributed by atoms with E-state index in [1.165, 1.54) is 0 Å². The first kappa shape index (κ1) is 13.3. The van der Waals surface area contributed by atoms with Gasteiger partial charge < -0.3 is 0 Å². The van der Waals surface area contributed by atoms with E-state index >= 15 is 0 Å². The Bertz CT molecular complexity index is 554. The fourth-order valence-electron chi connectivity index (χ4n) is 1.25. The van der Waals surface area contributed by atoms with Crippen LogP contribution in [0.25, 0.3) is 0 Å². The van der Waals surface area contributed by atoms with Crippen LogP contribution in [0.1, 0.15) is 0 Å². The maximum absolute atomic E-state index is 13.4. The molecule has 0 aliphatic rings. The summed E-state index contributed by atoms with van der Waals surface area (Å²) in [5.74, 6) is -9.36. The summed E-state index contributed by atoms with van der Waals surface area (Å²) in [6, 6.07) is 8.16. The summed E-state index contributed by atoms with van der Waals surface area (Å²) in [5.41, 5.74) is 0. The van der Waals surface area contributed by atoms with Crippen molar-refractivity contribution in [2.45, 2.75) is 0 Å². The van der Waals surface area contributed by atoms with Crippen LogP contribution in [-0.2, 0) is 0 Å². The molecule has 0 fully saturated rings. The van der Waals surface area contributed by atoms with Crippen molar-refractivity contribution in [3.63, 3.8) is 0 Å². The molecule has 0 amide bonds. The number of benzene rings is 2. The van der Waals surface area contributed by atoms with Crippen LogP contribution in [0.5, 0.6) is 0 Å². The van der Waals surface area contributed by atoms with Gasteiger partial charge in [-0.05, 0) is 0 Å². The molecule has 96 valence electrons. The van der Waals surface area contributed by atoms with E-state index in [0.717, 1.165) is 0 Å². The van der Waals surface area contributed by atoms with Crippen molar-refractivity contribution in [1.82, 2.24) is 0 Å². The van der Waals surface area contributed by atoms with Crippen LogP contribution in [0.4, 0.5) is 22.0 Å². The van der Waals surface area contributed by atoms with Crippen molar-refractivity contribution in [3.05, 3.63) is 66.6 Å². The molecule has 0 atom stereocenters. The molecular weight excluding hydrogens is 366 g/mol. The average molecular weight is 371 g/mol. The first-order valence-corrected chi connectivity index (χ1v) is 6.89. The van der Waals surface area contributed by atoms with Crippen LogP contribution >= 0.6 is 0 Å². The zero-order valence-electron chi connectivity index (χ0n) is 8.65. The van der Waals surface area contributed by atoms with Gasteiger partial charge in [0.1, 0.15) is 0 Å². The zero-order chi connectivity index (χ0) is 13.3. The third kappa shape index (κ3) is 2.33. The Labute approximate surface area is 110 Å². The summed E-state index contributed by atoms with van der Waals surface area (Å²) in [6.45, 7) is 0. The van der Waals surface area contributed by atoms with Crippen molar-refractivity contribution >= 4 is 0 Å². The van der Waals surface area contributed by atoms with Gasteiger partial charge in [-0.1, -0.05) is 0 Å². The summed E-state index contributed by atoms with van der Waals surface area (Å²) >= 11 is -1.46. The molecule has 0 saturated heterocycles. The molecule has 0 unspecified atom stereocenters. The molecule has 0 aliphatic carbocycles. The van der Waals surface area contributed by atoms with Gasteiger partial charge in [0.05, 0.1) is 0 Å².